The van der Waals surface area contributed by atoms with Crippen LogP contribution in [0.2, 0.25) is 0 Å². The van der Waals surface area contributed by atoms with Crippen molar-refractivity contribution in [3.8, 4) is 0 Å². The van der Waals surface area contributed by atoms with E-state index in [1.54, 1.807) is 0 Å². The molecule has 2 rings (SSSR count). The molecule has 2 heterocycles. The Labute approximate surface area is 117 Å². The number of hydrogen-bond acceptors (Lipinski definition) is 3. The lowest BCUT2D eigenvalue weighted by Gasteiger charge is -2.35. The minimum Gasteiger partial charge on any atom is -0.352 e. The Morgan fingerprint density at radius 3 is 2.53 bits per heavy atom. The van der Waals surface area contributed by atoms with Crippen molar-refractivity contribution in [1.29, 1.82) is 0 Å². The zero-order chi connectivity index (χ0) is 13.7. The summed E-state index contributed by atoms with van der Waals surface area (Å²) in [4.78, 5) is 14.9. The van der Waals surface area contributed by atoms with Crippen LogP contribution in [-0.2, 0) is 4.79 Å². The summed E-state index contributed by atoms with van der Waals surface area (Å²) >= 11 is 0. The molecule has 110 valence electrons. The molecule has 0 radical (unpaired) electrons. The fourth-order valence-corrected chi connectivity index (χ4v) is 3.18. The lowest BCUT2D eigenvalue weighted by Crippen LogP contribution is -2.51. The van der Waals surface area contributed by atoms with Gasteiger partial charge in [-0.25, -0.2) is 0 Å². The first-order valence-corrected chi connectivity index (χ1v) is 7.84. The van der Waals surface area contributed by atoms with Crippen molar-refractivity contribution in [3.63, 3.8) is 0 Å². The van der Waals surface area contributed by atoms with Crippen LogP contribution >= 0.6 is 0 Å². The van der Waals surface area contributed by atoms with Crippen LogP contribution in [0.3, 0.4) is 0 Å². The molecule has 2 N–H and O–H groups in total. The topological polar surface area (TPSA) is 44.4 Å². The van der Waals surface area contributed by atoms with Crippen molar-refractivity contribution in [3.05, 3.63) is 0 Å². The van der Waals surface area contributed by atoms with E-state index in [0.29, 0.717) is 0 Å². The van der Waals surface area contributed by atoms with E-state index in [1.807, 2.05) is 0 Å². The zero-order valence-electron chi connectivity index (χ0n) is 12.5. The molecule has 0 aromatic heterocycles. The fourth-order valence-electron chi connectivity index (χ4n) is 3.18. The Balaban J connectivity index is 1.77. The molecular weight excluding hydrogens is 238 g/mol. The summed E-state index contributed by atoms with van der Waals surface area (Å²) in [7, 11) is 0. The molecule has 2 fully saturated rings. The van der Waals surface area contributed by atoms with Crippen LogP contribution < -0.4 is 10.6 Å². The summed E-state index contributed by atoms with van der Waals surface area (Å²) in [6, 6.07) is 0.261. The Hall–Kier alpha value is -0.610. The van der Waals surface area contributed by atoms with Crippen LogP contribution in [0.25, 0.3) is 0 Å². The van der Waals surface area contributed by atoms with E-state index in [4.69, 9.17) is 0 Å². The van der Waals surface area contributed by atoms with Crippen LogP contribution in [0.1, 0.15) is 46.0 Å². The number of nitrogens with zero attached hydrogens (tertiary/aromatic N) is 1. The van der Waals surface area contributed by atoms with Crippen molar-refractivity contribution >= 4 is 5.91 Å². The number of nitrogens with one attached hydrogen (secondary N) is 2. The molecule has 2 saturated heterocycles. The summed E-state index contributed by atoms with van der Waals surface area (Å²) in [6.45, 7) is 9.56. The third kappa shape index (κ3) is 4.18. The van der Waals surface area contributed by atoms with Gasteiger partial charge in [-0.15, -0.1) is 0 Å². The zero-order valence-corrected chi connectivity index (χ0v) is 12.5. The Morgan fingerprint density at radius 2 is 1.89 bits per heavy atom. The van der Waals surface area contributed by atoms with E-state index in [-0.39, 0.29) is 17.4 Å². The van der Waals surface area contributed by atoms with Gasteiger partial charge >= 0.3 is 0 Å². The lowest BCUT2D eigenvalue weighted by atomic mass is 9.80. The molecule has 0 saturated carbocycles. The highest BCUT2D eigenvalue weighted by atomic mass is 16.2. The Kier molecular flexibility index (Phi) is 5.22. The number of rotatable bonds is 4. The highest BCUT2D eigenvalue weighted by Gasteiger charge is 2.35. The number of piperidine rings is 2. The maximum absolute atomic E-state index is 12.4. The normalized spacial score (nSPS) is 25.8. The van der Waals surface area contributed by atoms with Crippen molar-refractivity contribution in [2.75, 3.05) is 32.7 Å². The number of likely N-dealkylation sites (tertiary alicyclic amines) is 1. The van der Waals surface area contributed by atoms with Crippen LogP contribution in [0.15, 0.2) is 0 Å². The van der Waals surface area contributed by atoms with Gasteiger partial charge in [0.15, 0.2) is 0 Å². The van der Waals surface area contributed by atoms with Gasteiger partial charge in [0.1, 0.15) is 0 Å². The first-order valence-electron chi connectivity index (χ1n) is 7.84. The molecule has 4 heteroatoms. The third-order valence-corrected chi connectivity index (χ3v) is 4.61. The molecule has 4 nitrogen and oxygen atoms in total. The van der Waals surface area contributed by atoms with E-state index in [0.717, 1.165) is 32.5 Å². The van der Waals surface area contributed by atoms with Gasteiger partial charge in [-0.05, 0) is 58.8 Å². The summed E-state index contributed by atoms with van der Waals surface area (Å²) in [6.07, 6.45) is 5.89. The van der Waals surface area contributed by atoms with Gasteiger partial charge in [0.25, 0.3) is 0 Å². The van der Waals surface area contributed by atoms with E-state index >= 15 is 0 Å². The van der Waals surface area contributed by atoms with E-state index < -0.39 is 0 Å². The van der Waals surface area contributed by atoms with Crippen LogP contribution in [-0.4, -0.2) is 49.6 Å². The van der Waals surface area contributed by atoms with Gasteiger partial charge in [-0.3, -0.25) is 4.79 Å². The van der Waals surface area contributed by atoms with E-state index in [2.05, 4.69) is 29.4 Å². The van der Waals surface area contributed by atoms with Crippen molar-refractivity contribution in [2.24, 2.45) is 5.41 Å². The average molecular weight is 267 g/mol. The second-order valence-corrected chi connectivity index (χ2v) is 6.55. The lowest BCUT2D eigenvalue weighted by molar-refractivity contribution is -0.132. The second kappa shape index (κ2) is 6.71. The summed E-state index contributed by atoms with van der Waals surface area (Å²) in [5.74, 6) is 0.249. The van der Waals surface area contributed by atoms with Gasteiger partial charge in [0.2, 0.25) is 5.91 Å². The number of hydrogen-bond donors (Lipinski definition) is 2. The Bertz CT molecular complexity index is 294. The largest absolute Gasteiger partial charge is 0.352 e. The number of carbonyl (C=O) groups is 1. The van der Waals surface area contributed by atoms with Crippen LogP contribution in [0.5, 0.6) is 0 Å². The van der Waals surface area contributed by atoms with Crippen molar-refractivity contribution in [1.82, 2.24) is 15.5 Å². The van der Waals surface area contributed by atoms with Crippen LogP contribution in [0.4, 0.5) is 0 Å². The van der Waals surface area contributed by atoms with E-state index in [1.165, 1.54) is 32.4 Å². The number of carbonyl (C=O) groups excluding carboxylic acids is 1. The van der Waals surface area contributed by atoms with Crippen molar-refractivity contribution < 1.29 is 4.79 Å². The molecule has 1 amide bonds. The molecule has 2 aliphatic heterocycles. The first-order chi connectivity index (χ1) is 9.10. The second-order valence-electron chi connectivity index (χ2n) is 6.55. The van der Waals surface area contributed by atoms with Crippen molar-refractivity contribution in [2.45, 2.75) is 52.0 Å². The Morgan fingerprint density at radius 1 is 1.26 bits per heavy atom. The molecule has 0 aliphatic carbocycles. The minimum absolute atomic E-state index is 0.165. The summed E-state index contributed by atoms with van der Waals surface area (Å²) in [5, 5.41) is 6.55. The van der Waals surface area contributed by atoms with E-state index in [9.17, 15) is 4.79 Å². The standard InChI is InChI=1S/C15H29N3O/c1-13(12-18-10-4-3-5-11-18)17-14(19)15(2)6-8-16-9-7-15/h13,16H,3-12H2,1-2H3,(H,17,19). The molecule has 19 heavy (non-hydrogen) atoms. The van der Waals surface area contributed by atoms with Gasteiger partial charge in [0.05, 0.1) is 0 Å². The van der Waals surface area contributed by atoms with Crippen LogP contribution in [0, 0.1) is 5.41 Å². The van der Waals surface area contributed by atoms with Gasteiger partial charge in [-0.1, -0.05) is 13.3 Å². The molecule has 0 aromatic rings. The molecule has 0 spiro atoms. The molecule has 2 aliphatic rings. The SMILES string of the molecule is CC(CN1CCCCC1)NC(=O)C1(C)CCNCC1. The first kappa shape index (κ1) is 14.8. The highest BCUT2D eigenvalue weighted by molar-refractivity contribution is 5.82. The number of amides is 1. The fraction of sp³-hybridized carbons (Fsp3) is 0.933. The minimum atomic E-state index is -0.165. The smallest absolute Gasteiger partial charge is 0.226 e. The predicted molar refractivity (Wildman–Crippen MR) is 78.1 cm³/mol. The molecule has 1 unspecified atom stereocenters. The maximum atomic E-state index is 12.4. The van der Waals surface area contributed by atoms with Gasteiger partial charge < -0.3 is 15.5 Å². The predicted octanol–water partition coefficient (Wildman–Crippen LogP) is 1.37. The monoisotopic (exact) mass is 267 g/mol. The van der Waals surface area contributed by atoms with Gasteiger partial charge in [-0.2, -0.15) is 0 Å². The highest BCUT2D eigenvalue weighted by Crippen LogP contribution is 2.28. The summed E-state index contributed by atoms with van der Waals surface area (Å²) in [5.41, 5.74) is -0.165. The molecular formula is C15H29N3O. The molecule has 0 aromatic carbocycles. The summed E-state index contributed by atoms with van der Waals surface area (Å²) < 4.78 is 0. The quantitative estimate of drug-likeness (QED) is 0.808. The third-order valence-electron chi connectivity index (χ3n) is 4.61. The average Bonchev–Trinajstić information content (AvgIpc) is 2.40. The maximum Gasteiger partial charge on any atom is 0.226 e. The van der Waals surface area contributed by atoms with Gasteiger partial charge in [0, 0.05) is 18.0 Å². The molecule has 0 bridgehead atoms. The molecule has 1 atom stereocenters.